The minimum absolute atomic E-state index is 0. The Morgan fingerprint density at radius 3 is 2.86 bits per heavy atom. The van der Waals surface area contributed by atoms with Gasteiger partial charge in [0.05, 0.1) is 0 Å². The zero-order valence-corrected chi connectivity index (χ0v) is 20.2. The molecule has 1 aromatic carbocycles. The summed E-state index contributed by atoms with van der Waals surface area (Å²) in [6.45, 7) is 5.41. The van der Waals surface area contributed by atoms with E-state index in [1.807, 2.05) is 0 Å². The van der Waals surface area contributed by atoms with Crippen LogP contribution in [0.4, 0.5) is 0 Å². The van der Waals surface area contributed by atoms with Crippen LogP contribution < -0.4 is 10.6 Å². The van der Waals surface area contributed by atoms with E-state index in [9.17, 15) is 0 Å². The summed E-state index contributed by atoms with van der Waals surface area (Å²) in [4.78, 5) is 4.77. The molecule has 0 spiro atoms. The van der Waals surface area contributed by atoms with Gasteiger partial charge in [0.1, 0.15) is 12.4 Å². The first-order valence-electron chi connectivity index (χ1n) is 9.89. The average Bonchev–Trinajstić information content (AvgIpc) is 3.37. The van der Waals surface area contributed by atoms with Gasteiger partial charge in [0.2, 0.25) is 0 Å². The number of nitrogens with zero attached hydrogens (tertiary/aromatic N) is 4. The van der Waals surface area contributed by atoms with Gasteiger partial charge >= 0.3 is 0 Å². The third-order valence-electron chi connectivity index (χ3n) is 5.54. The van der Waals surface area contributed by atoms with Crippen molar-refractivity contribution < 1.29 is 0 Å². The number of halogens is 2. The van der Waals surface area contributed by atoms with E-state index >= 15 is 0 Å². The highest BCUT2D eigenvalue weighted by atomic mass is 127. The molecule has 152 valence electrons. The van der Waals surface area contributed by atoms with Crippen LogP contribution in [0, 0.1) is 0 Å². The number of aryl methyl sites for hydroxylation is 1. The zero-order valence-electron chi connectivity index (χ0n) is 16.2. The highest BCUT2D eigenvalue weighted by Crippen LogP contribution is 2.48. The van der Waals surface area contributed by atoms with Crippen LogP contribution in [0.15, 0.2) is 33.7 Å². The second kappa shape index (κ2) is 9.56. The standard InChI is InChI=1S/C20H27BrN6.HI/c1-2-22-19(23-13-18-26-25-17-8-3-4-11-27(17)18)24-14-20(9-10-20)15-6-5-7-16(21)12-15;/h5-7,12H,2-4,8-11,13-14H2,1H3,(H2,22,23,24);1H. The van der Waals surface area contributed by atoms with Crippen LogP contribution in [0.25, 0.3) is 0 Å². The molecule has 2 aromatic rings. The van der Waals surface area contributed by atoms with Crippen molar-refractivity contribution in [2.75, 3.05) is 13.1 Å². The molecule has 2 aliphatic rings. The molecular weight excluding hydrogens is 531 g/mol. The minimum atomic E-state index is 0. The number of aliphatic imine (C=N–C) groups is 1. The summed E-state index contributed by atoms with van der Waals surface area (Å²) in [5.41, 5.74) is 1.63. The van der Waals surface area contributed by atoms with Crippen molar-refractivity contribution in [3.05, 3.63) is 46.0 Å². The molecule has 1 aliphatic heterocycles. The third kappa shape index (κ3) is 4.87. The minimum Gasteiger partial charge on any atom is -0.357 e. The molecule has 1 fully saturated rings. The number of aromatic nitrogens is 3. The highest BCUT2D eigenvalue weighted by molar-refractivity contribution is 14.0. The van der Waals surface area contributed by atoms with E-state index < -0.39 is 0 Å². The van der Waals surface area contributed by atoms with E-state index in [2.05, 4.69) is 72.5 Å². The fourth-order valence-electron chi connectivity index (χ4n) is 3.77. The summed E-state index contributed by atoms with van der Waals surface area (Å²) in [6, 6.07) is 8.66. The summed E-state index contributed by atoms with van der Waals surface area (Å²) in [6.07, 6.45) is 5.88. The van der Waals surface area contributed by atoms with Crippen molar-refractivity contribution in [2.24, 2.45) is 4.99 Å². The van der Waals surface area contributed by atoms with Crippen molar-refractivity contribution in [3.63, 3.8) is 0 Å². The van der Waals surface area contributed by atoms with Gasteiger partial charge in [0.25, 0.3) is 0 Å². The Bertz CT molecular complexity index is 830. The first-order valence-corrected chi connectivity index (χ1v) is 10.7. The molecule has 0 bridgehead atoms. The predicted molar refractivity (Wildman–Crippen MR) is 126 cm³/mol. The maximum absolute atomic E-state index is 4.77. The topological polar surface area (TPSA) is 67.1 Å². The van der Waals surface area contributed by atoms with Crippen molar-refractivity contribution in [2.45, 2.75) is 57.5 Å². The number of rotatable bonds is 6. The number of hydrogen-bond acceptors (Lipinski definition) is 3. The number of nitrogens with one attached hydrogen (secondary N) is 2. The van der Waals surface area contributed by atoms with Crippen LogP contribution >= 0.6 is 39.9 Å². The molecule has 0 unspecified atom stereocenters. The van der Waals surface area contributed by atoms with Crippen LogP contribution in [-0.4, -0.2) is 33.8 Å². The second-order valence-corrected chi connectivity index (χ2v) is 8.40. The SMILES string of the molecule is CCNC(=NCc1nnc2n1CCCC2)NCC1(c2cccc(Br)c2)CC1.I. The van der Waals surface area contributed by atoms with Gasteiger partial charge < -0.3 is 15.2 Å². The number of guanidine groups is 1. The van der Waals surface area contributed by atoms with Gasteiger partial charge in [-0.05, 0) is 50.3 Å². The summed E-state index contributed by atoms with van der Waals surface area (Å²) < 4.78 is 3.38. The molecule has 28 heavy (non-hydrogen) atoms. The van der Waals surface area contributed by atoms with Crippen molar-refractivity contribution in [3.8, 4) is 0 Å². The molecule has 0 radical (unpaired) electrons. The Kier molecular flexibility index (Phi) is 7.36. The molecular formula is C20H28BrIN6. The Morgan fingerprint density at radius 2 is 2.11 bits per heavy atom. The molecule has 8 heteroatoms. The van der Waals surface area contributed by atoms with Crippen molar-refractivity contribution >= 4 is 45.9 Å². The van der Waals surface area contributed by atoms with E-state index in [1.165, 1.54) is 31.2 Å². The largest absolute Gasteiger partial charge is 0.357 e. The fourth-order valence-corrected chi connectivity index (χ4v) is 4.17. The molecule has 2 N–H and O–H groups in total. The van der Waals surface area contributed by atoms with Crippen molar-refractivity contribution in [1.82, 2.24) is 25.4 Å². The zero-order chi connectivity index (χ0) is 18.7. The van der Waals surface area contributed by atoms with Crippen LogP contribution in [0.1, 0.15) is 49.8 Å². The Labute approximate surface area is 192 Å². The van der Waals surface area contributed by atoms with Gasteiger partial charge in [-0.25, -0.2) is 4.99 Å². The quantitative estimate of drug-likeness (QED) is 0.322. The molecule has 6 nitrogen and oxygen atoms in total. The van der Waals surface area contributed by atoms with Crippen LogP contribution in [0.5, 0.6) is 0 Å². The first kappa shape index (κ1) is 21.5. The van der Waals surface area contributed by atoms with E-state index in [0.29, 0.717) is 6.54 Å². The third-order valence-corrected chi connectivity index (χ3v) is 6.04. The van der Waals surface area contributed by atoms with Crippen molar-refractivity contribution in [1.29, 1.82) is 0 Å². The first-order chi connectivity index (χ1) is 13.2. The second-order valence-electron chi connectivity index (χ2n) is 7.48. The van der Waals surface area contributed by atoms with E-state index in [4.69, 9.17) is 4.99 Å². The monoisotopic (exact) mass is 558 g/mol. The highest BCUT2D eigenvalue weighted by Gasteiger charge is 2.44. The van der Waals surface area contributed by atoms with Crippen LogP contribution in [-0.2, 0) is 24.9 Å². The van der Waals surface area contributed by atoms with Gasteiger partial charge in [-0.1, -0.05) is 28.1 Å². The molecule has 1 aliphatic carbocycles. The Morgan fingerprint density at radius 1 is 1.25 bits per heavy atom. The lowest BCUT2D eigenvalue weighted by Crippen LogP contribution is -2.41. The fraction of sp³-hybridized carbons (Fsp3) is 0.550. The summed E-state index contributed by atoms with van der Waals surface area (Å²) in [5, 5.41) is 15.6. The Balaban J connectivity index is 0.00000225. The van der Waals surface area contributed by atoms with Gasteiger partial charge in [-0.2, -0.15) is 0 Å². The van der Waals surface area contributed by atoms with Crippen LogP contribution in [0.3, 0.4) is 0 Å². The van der Waals surface area contributed by atoms with Gasteiger partial charge in [-0.3, -0.25) is 0 Å². The van der Waals surface area contributed by atoms with Gasteiger partial charge in [0, 0.05) is 35.9 Å². The summed E-state index contributed by atoms with van der Waals surface area (Å²) in [7, 11) is 0. The van der Waals surface area contributed by atoms with E-state index in [-0.39, 0.29) is 29.4 Å². The van der Waals surface area contributed by atoms with E-state index in [0.717, 1.165) is 48.1 Å². The average molecular weight is 559 g/mol. The molecule has 1 saturated carbocycles. The molecule has 2 heterocycles. The maximum atomic E-state index is 4.77. The lowest BCUT2D eigenvalue weighted by atomic mass is 9.96. The van der Waals surface area contributed by atoms with Gasteiger partial charge in [0.15, 0.2) is 11.8 Å². The molecule has 0 saturated heterocycles. The number of hydrogen-bond donors (Lipinski definition) is 2. The number of fused-ring (bicyclic) bond motifs is 1. The molecule has 0 atom stereocenters. The van der Waals surface area contributed by atoms with E-state index in [1.54, 1.807) is 0 Å². The van der Waals surface area contributed by atoms with Crippen LogP contribution in [0.2, 0.25) is 0 Å². The summed E-state index contributed by atoms with van der Waals surface area (Å²) in [5.74, 6) is 2.93. The van der Waals surface area contributed by atoms with Gasteiger partial charge in [-0.15, -0.1) is 34.2 Å². The molecule has 0 amide bonds. The number of benzene rings is 1. The Hall–Kier alpha value is -1.16. The lowest BCUT2D eigenvalue weighted by Gasteiger charge is -2.19. The smallest absolute Gasteiger partial charge is 0.191 e. The predicted octanol–water partition coefficient (Wildman–Crippen LogP) is 3.78. The summed E-state index contributed by atoms with van der Waals surface area (Å²) >= 11 is 3.59. The normalized spacial score (nSPS) is 17.4. The molecule has 1 aromatic heterocycles. The lowest BCUT2D eigenvalue weighted by molar-refractivity contribution is 0.508. The molecule has 4 rings (SSSR count). The maximum Gasteiger partial charge on any atom is 0.191 e.